The van der Waals surface area contributed by atoms with Crippen LogP contribution in [0.5, 0.6) is 0 Å². The fourth-order valence-corrected chi connectivity index (χ4v) is 4.37. The van der Waals surface area contributed by atoms with Gasteiger partial charge < -0.3 is 5.32 Å². The van der Waals surface area contributed by atoms with Gasteiger partial charge in [0.15, 0.2) is 0 Å². The number of nitrogens with one attached hydrogen (secondary N) is 1. The van der Waals surface area contributed by atoms with E-state index in [1.54, 1.807) is 0 Å². The molecule has 0 aromatic heterocycles. The first-order valence-electron chi connectivity index (χ1n) is 8.02. The van der Waals surface area contributed by atoms with Crippen molar-refractivity contribution in [3.05, 3.63) is 0 Å². The van der Waals surface area contributed by atoms with Crippen LogP contribution in [0.25, 0.3) is 0 Å². The second-order valence-electron chi connectivity index (χ2n) is 8.72. The summed E-state index contributed by atoms with van der Waals surface area (Å²) in [6.45, 7) is 12.2. The van der Waals surface area contributed by atoms with Crippen LogP contribution in [0.4, 0.5) is 0 Å². The first-order chi connectivity index (χ1) is 8.26. The van der Waals surface area contributed by atoms with Crippen LogP contribution in [0.3, 0.4) is 0 Å². The molecule has 0 amide bonds. The lowest BCUT2D eigenvalue weighted by Crippen LogP contribution is -2.46. The summed E-state index contributed by atoms with van der Waals surface area (Å²) in [5.41, 5.74) is 1.14. The number of rotatable bonds is 2. The molecule has 2 rings (SSSR count). The molecule has 18 heavy (non-hydrogen) atoms. The minimum Gasteiger partial charge on any atom is -0.311 e. The van der Waals surface area contributed by atoms with E-state index in [2.05, 4.69) is 39.9 Å². The first kappa shape index (κ1) is 14.4. The minimum absolute atomic E-state index is 0.545. The van der Waals surface area contributed by atoms with Gasteiger partial charge in [0.2, 0.25) is 0 Å². The average Bonchev–Trinajstić information content (AvgIpc) is 2.18. The highest BCUT2D eigenvalue weighted by atomic mass is 15.0. The SMILES string of the molecule is CC1CC(NC2CCC(C)(C)CC2)CC(C)(C)C1. The van der Waals surface area contributed by atoms with Gasteiger partial charge in [-0.15, -0.1) is 0 Å². The fourth-order valence-electron chi connectivity index (χ4n) is 4.37. The predicted molar refractivity (Wildman–Crippen MR) is 79.8 cm³/mol. The highest BCUT2D eigenvalue weighted by Crippen LogP contribution is 2.40. The van der Waals surface area contributed by atoms with Crippen molar-refractivity contribution in [2.75, 3.05) is 0 Å². The third-order valence-electron chi connectivity index (χ3n) is 5.20. The summed E-state index contributed by atoms with van der Waals surface area (Å²) in [7, 11) is 0. The Kier molecular flexibility index (Phi) is 4.11. The van der Waals surface area contributed by atoms with Crippen molar-refractivity contribution in [2.24, 2.45) is 16.7 Å². The maximum absolute atomic E-state index is 3.98. The van der Waals surface area contributed by atoms with Gasteiger partial charge >= 0.3 is 0 Å². The molecule has 2 atom stereocenters. The minimum atomic E-state index is 0.545. The second-order valence-corrected chi connectivity index (χ2v) is 8.72. The zero-order chi connectivity index (χ0) is 13.4. The molecule has 1 nitrogen and oxygen atoms in total. The van der Waals surface area contributed by atoms with Crippen molar-refractivity contribution in [3.63, 3.8) is 0 Å². The van der Waals surface area contributed by atoms with E-state index in [1.165, 1.54) is 44.9 Å². The summed E-state index contributed by atoms with van der Waals surface area (Å²) in [4.78, 5) is 0. The van der Waals surface area contributed by atoms with Crippen molar-refractivity contribution < 1.29 is 0 Å². The molecule has 0 heterocycles. The molecule has 0 aromatic rings. The lowest BCUT2D eigenvalue weighted by molar-refractivity contribution is 0.126. The van der Waals surface area contributed by atoms with Gasteiger partial charge in [0.1, 0.15) is 0 Å². The monoisotopic (exact) mass is 251 g/mol. The highest BCUT2D eigenvalue weighted by Gasteiger charge is 2.34. The number of hydrogen-bond donors (Lipinski definition) is 1. The average molecular weight is 251 g/mol. The van der Waals surface area contributed by atoms with Crippen LogP contribution in [0.2, 0.25) is 0 Å². The van der Waals surface area contributed by atoms with Crippen LogP contribution in [0.1, 0.15) is 79.6 Å². The van der Waals surface area contributed by atoms with Gasteiger partial charge in [0.25, 0.3) is 0 Å². The number of hydrogen-bond acceptors (Lipinski definition) is 1. The van der Waals surface area contributed by atoms with Gasteiger partial charge in [0.05, 0.1) is 0 Å². The quantitative estimate of drug-likeness (QED) is 0.746. The Labute approximate surface area is 114 Å². The summed E-state index contributed by atoms with van der Waals surface area (Å²) in [6.07, 6.45) is 9.74. The molecular weight excluding hydrogens is 218 g/mol. The molecule has 1 heteroatoms. The van der Waals surface area contributed by atoms with Crippen LogP contribution in [0.15, 0.2) is 0 Å². The van der Waals surface area contributed by atoms with E-state index in [0.29, 0.717) is 10.8 Å². The van der Waals surface area contributed by atoms with Gasteiger partial charge in [-0.3, -0.25) is 0 Å². The van der Waals surface area contributed by atoms with Gasteiger partial charge in [-0.2, -0.15) is 0 Å². The molecule has 0 bridgehead atoms. The molecule has 106 valence electrons. The topological polar surface area (TPSA) is 12.0 Å². The molecule has 2 aliphatic rings. The van der Waals surface area contributed by atoms with Crippen molar-refractivity contribution in [3.8, 4) is 0 Å². The third kappa shape index (κ3) is 3.98. The molecular formula is C17H33N. The van der Waals surface area contributed by atoms with Crippen molar-refractivity contribution in [1.82, 2.24) is 5.32 Å². The van der Waals surface area contributed by atoms with Crippen molar-refractivity contribution in [2.45, 2.75) is 91.6 Å². The Morgan fingerprint density at radius 3 is 2.00 bits per heavy atom. The zero-order valence-corrected chi connectivity index (χ0v) is 13.2. The molecule has 0 aliphatic heterocycles. The predicted octanol–water partition coefficient (Wildman–Crippen LogP) is 4.76. The van der Waals surface area contributed by atoms with E-state index in [4.69, 9.17) is 0 Å². The molecule has 2 saturated carbocycles. The normalized spacial score (nSPS) is 36.5. The smallest absolute Gasteiger partial charge is 0.00772 e. The lowest BCUT2D eigenvalue weighted by atomic mass is 9.70. The second kappa shape index (κ2) is 5.15. The summed E-state index contributed by atoms with van der Waals surface area (Å²) in [6, 6.07) is 1.57. The maximum Gasteiger partial charge on any atom is 0.00772 e. The van der Waals surface area contributed by atoms with Crippen LogP contribution in [0, 0.1) is 16.7 Å². The lowest BCUT2D eigenvalue weighted by Gasteiger charge is -2.42. The highest BCUT2D eigenvalue weighted by molar-refractivity contribution is 4.90. The van der Waals surface area contributed by atoms with Crippen molar-refractivity contribution in [1.29, 1.82) is 0 Å². The molecule has 0 radical (unpaired) electrons. The van der Waals surface area contributed by atoms with Crippen molar-refractivity contribution >= 4 is 0 Å². The molecule has 2 aliphatic carbocycles. The molecule has 0 spiro atoms. The van der Waals surface area contributed by atoms with Crippen LogP contribution in [-0.4, -0.2) is 12.1 Å². The Balaban J connectivity index is 1.83. The van der Waals surface area contributed by atoms with E-state index in [0.717, 1.165) is 18.0 Å². The van der Waals surface area contributed by atoms with Crippen LogP contribution in [-0.2, 0) is 0 Å². The summed E-state index contributed by atoms with van der Waals surface area (Å²) < 4.78 is 0. The van der Waals surface area contributed by atoms with E-state index in [-0.39, 0.29) is 0 Å². The Morgan fingerprint density at radius 1 is 0.833 bits per heavy atom. The molecule has 0 saturated heterocycles. The van der Waals surface area contributed by atoms with Gasteiger partial charge in [-0.05, 0) is 61.7 Å². The largest absolute Gasteiger partial charge is 0.311 e. The van der Waals surface area contributed by atoms with E-state index in [9.17, 15) is 0 Å². The summed E-state index contributed by atoms with van der Waals surface area (Å²) >= 11 is 0. The Morgan fingerprint density at radius 2 is 1.44 bits per heavy atom. The van der Waals surface area contributed by atoms with E-state index in [1.807, 2.05) is 0 Å². The molecule has 2 fully saturated rings. The van der Waals surface area contributed by atoms with E-state index >= 15 is 0 Å². The Bertz CT molecular complexity index is 269. The maximum atomic E-state index is 3.98. The van der Waals surface area contributed by atoms with E-state index < -0.39 is 0 Å². The molecule has 0 aromatic carbocycles. The van der Waals surface area contributed by atoms with Gasteiger partial charge in [-0.1, -0.05) is 34.6 Å². The third-order valence-corrected chi connectivity index (χ3v) is 5.20. The summed E-state index contributed by atoms with van der Waals surface area (Å²) in [5.74, 6) is 0.895. The fraction of sp³-hybridized carbons (Fsp3) is 1.00. The van der Waals surface area contributed by atoms with Crippen LogP contribution < -0.4 is 5.32 Å². The molecule has 2 unspecified atom stereocenters. The van der Waals surface area contributed by atoms with Gasteiger partial charge in [0, 0.05) is 12.1 Å². The van der Waals surface area contributed by atoms with Gasteiger partial charge in [-0.25, -0.2) is 0 Å². The Hall–Kier alpha value is -0.0400. The molecule has 1 N–H and O–H groups in total. The standard InChI is InChI=1S/C17H33N/c1-13-10-15(12-17(4,5)11-13)18-14-6-8-16(2,3)9-7-14/h13-15,18H,6-12H2,1-5H3. The zero-order valence-electron chi connectivity index (χ0n) is 13.2. The summed E-state index contributed by atoms with van der Waals surface area (Å²) in [5, 5.41) is 3.98. The van der Waals surface area contributed by atoms with Crippen LogP contribution >= 0.6 is 0 Å². The first-order valence-corrected chi connectivity index (χ1v) is 8.02.